The molecule has 0 aromatic heterocycles. The number of benzene rings is 1. The molecule has 1 aromatic carbocycles. The molecule has 0 aliphatic carbocycles. The van der Waals surface area contributed by atoms with Crippen LogP contribution in [0.2, 0.25) is 0 Å². The van der Waals surface area contributed by atoms with Gasteiger partial charge in [0.2, 0.25) is 5.91 Å². The number of methoxy groups -OCH3 is 1. The molecule has 3 rings (SSSR count). The molecule has 0 radical (unpaired) electrons. The third kappa shape index (κ3) is 3.22. The summed E-state index contributed by atoms with van der Waals surface area (Å²) in [6.45, 7) is 5.34. The van der Waals surface area contributed by atoms with Gasteiger partial charge in [0, 0.05) is 13.0 Å². The fourth-order valence-electron chi connectivity index (χ4n) is 3.55. The lowest BCUT2D eigenvalue weighted by Crippen LogP contribution is -2.40. The number of Topliss-reactive ketones (excluding diaryl/α,β-unsaturated/α-hetero) is 1. The summed E-state index contributed by atoms with van der Waals surface area (Å²) >= 11 is 0. The van der Waals surface area contributed by atoms with E-state index in [0.717, 1.165) is 16.0 Å². The van der Waals surface area contributed by atoms with Crippen LogP contribution >= 0.6 is 0 Å². The first-order chi connectivity index (χ1) is 12.7. The molecule has 2 aliphatic rings. The van der Waals surface area contributed by atoms with Gasteiger partial charge < -0.3 is 4.74 Å². The maximum Gasteiger partial charge on any atom is 0.355 e. The van der Waals surface area contributed by atoms with Gasteiger partial charge >= 0.3 is 5.97 Å². The van der Waals surface area contributed by atoms with Gasteiger partial charge in [-0.15, -0.1) is 0 Å². The van der Waals surface area contributed by atoms with Crippen LogP contribution in [0, 0.1) is 19.8 Å². The van der Waals surface area contributed by atoms with E-state index >= 15 is 0 Å². The van der Waals surface area contributed by atoms with E-state index in [0.29, 0.717) is 5.69 Å². The molecular formula is C19H21N3O5. The summed E-state index contributed by atoms with van der Waals surface area (Å²) in [6, 6.07) is 4.50. The minimum Gasteiger partial charge on any atom is -0.464 e. The predicted octanol–water partition coefficient (Wildman–Crippen LogP) is 0.985. The van der Waals surface area contributed by atoms with Crippen molar-refractivity contribution >= 4 is 35.0 Å². The Morgan fingerprint density at radius 1 is 1.11 bits per heavy atom. The van der Waals surface area contributed by atoms with Crippen LogP contribution in [0.15, 0.2) is 23.3 Å². The Morgan fingerprint density at radius 2 is 1.74 bits per heavy atom. The van der Waals surface area contributed by atoms with Crippen molar-refractivity contribution in [2.75, 3.05) is 18.6 Å². The number of fused-ring (bicyclic) bond motifs is 1. The molecule has 2 heterocycles. The number of hydrogen-bond acceptors (Lipinski definition) is 7. The number of aryl methyl sites for hydroxylation is 2. The summed E-state index contributed by atoms with van der Waals surface area (Å²) in [5, 5.41) is 5.50. The number of carbonyl (C=O) groups excluding carboxylic acids is 4. The number of nitrogens with zero attached hydrogens (tertiary/aromatic N) is 3. The molecule has 8 nitrogen and oxygen atoms in total. The largest absolute Gasteiger partial charge is 0.464 e. The van der Waals surface area contributed by atoms with E-state index in [9.17, 15) is 19.2 Å². The predicted molar refractivity (Wildman–Crippen MR) is 97.1 cm³/mol. The first-order valence-corrected chi connectivity index (χ1v) is 8.63. The van der Waals surface area contributed by atoms with Gasteiger partial charge in [-0.2, -0.15) is 5.10 Å². The number of hydrogen-bond donors (Lipinski definition) is 0. The maximum atomic E-state index is 13.1. The van der Waals surface area contributed by atoms with Crippen molar-refractivity contribution in [1.82, 2.24) is 5.01 Å². The second-order valence-corrected chi connectivity index (χ2v) is 6.87. The highest BCUT2D eigenvalue weighted by Gasteiger charge is 2.58. The van der Waals surface area contributed by atoms with Crippen molar-refractivity contribution in [2.24, 2.45) is 11.0 Å². The smallest absolute Gasteiger partial charge is 0.355 e. The fraction of sp³-hybridized carbons (Fsp3) is 0.421. The van der Waals surface area contributed by atoms with Gasteiger partial charge in [0.1, 0.15) is 17.7 Å². The highest BCUT2D eigenvalue weighted by Crippen LogP contribution is 2.36. The van der Waals surface area contributed by atoms with E-state index in [2.05, 4.69) is 5.10 Å². The molecule has 0 bridgehead atoms. The lowest BCUT2D eigenvalue weighted by Gasteiger charge is -2.22. The molecular weight excluding hydrogens is 350 g/mol. The van der Waals surface area contributed by atoms with Gasteiger partial charge in [0.05, 0.1) is 12.8 Å². The molecule has 2 aliphatic heterocycles. The lowest BCUT2D eigenvalue weighted by atomic mass is 9.98. The minimum atomic E-state index is -1.03. The third-order valence-corrected chi connectivity index (χ3v) is 4.68. The molecule has 2 amide bonds. The van der Waals surface area contributed by atoms with Crippen LogP contribution in [0.4, 0.5) is 5.69 Å². The first kappa shape index (κ1) is 18.8. The Hall–Kier alpha value is -3.03. The molecule has 1 saturated heterocycles. The summed E-state index contributed by atoms with van der Waals surface area (Å²) in [4.78, 5) is 50.7. The van der Waals surface area contributed by atoms with Crippen LogP contribution in [0.25, 0.3) is 0 Å². The van der Waals surface area contributed by atoms with Crippen molar-refractivity contribution in [3.63, 3.8) is 0 Å². The number of hydrazone groups is 1. The molecule has 27 heavy (non-hydrogen) atoms. The average molecular weight is 371 g/mol. The number of imide groups is 1. The standard InChI is InChI=1S/C19H21N3O5/c1-10-7-11(2)9-13(8-10)22-17(24)14-15(19(26)27-4)20-21(6-5-12(3)23)16(14)18(22)25/h7-9,14,16H,5-6H2,1-4H3/t14-,16-/m1/s1. The van der Waals surface area contributed by atoms with Gasteiger partial charge in [0.15, 0.2) is 5.71 Å². The van der Waals surface area contributed by atoms with Crippen molar-refractivity contribution in [3.8, 4) is 0 Å². The summed E-state index contributed by atoms with van der Waals surface area (Å²) in [6.07, 6.45) is 0.159. The van der Waals surface area contributed by atoms with Crippen molar-refractivity contribution < 1.29 is 23.9 Å². The van der Waals surface area contributed by atoms with Gasteiger partial charge in [-0.25, -0.2) is 9.69 Å². The lowest BCUT2D eigenvalue weighted by molar-refractivity contribution is -0.133. The first-order valence-electron chi connectivity index (χ1n) is 8.63. The highest BCUT2D eigenvalue weighted by atomic mass is 16.5. The SMILES string of the molecule is COC(=O)C1=NN(CCC(C)=O)[C@H]2C(=O)N(c3cc(C)cc(C)c3)C(=O)[C@H]12. The third-order valence-electron chi connectivity index (χ3n) is 4.68. The van der Waals surface area contributed by atoms with Crippen LogP contribution in [0.1, 0.15) is 24.5 Å². The molecule has 0 unspecified atom stereocenters. The second kappa shape index (κ2) is 6.94. The number of carbonyl (C=O) groups is 4. The Bertz CT molecular complexity index is 856. The van der Waals surface area contributed by atoms with E-state index in [1.165, 1.54) is 19.0 Å². The van der Waals surface area contributed by atoms with E-state index in [1.54, 1.807) is 12.1 Å². The summed E-state index contributed by atoms with van der Waals surface area (Å²) in [5.74, 6) is -2.82. The Balaban J connectivity index is 2.01. The number of esters is 1. The molecule has 0 N–H and O–H groups in total. The molecule has 0 saturated carbocycles. The maximum absolute atomic E-state index is 13.1. The van der Waals surface area contributed by atoms with Gasteiger partial charge in [-0.1, -0.05) is 6.07 Å². The highest BCUT2D eigenvalue weighted by molar-refractivity contribution is 6.46. The van der Waals surface area contributed by atoms with E-state index in [-0.39, 0.29) is 24.5 Å². The van der Waals surface area contributed by atoms with Crippen LogP contribution in [-0.4, -0.2) is 54.0 Å². The zero-order valence-corrected chi connectivity index (χ0v) is 15.7. The Labute approximate surface area is 156 Å². The Morgan fingerprint density at radius 3 is 2.30 bits per heavy atom. The Kier molecular flexibility index (Phi) is 4.82. The van der Waals surface area contributed by atoms with Gasteiger partial charge in [0.25, 0.3) is 5.91 Å². The number of anilines is 1. The van der Waals surface area contributed by atoms with Crippen molar-refractivity contribution in [1.29, 1.82) is 0 Å². The molecule has 1 aromatic rings. The quantitative estimate of drug-likeness (QED) is 0.566. The van der Waals surface area contributed by atoms with Crippen LogP contribution in [0.3, 0.4) is 0 Å². The van der Waals surface area contributed by atoms with E-state index in [4.69, 9.17) is 4.74 Å². The molecule has 8 heteroatoms. The molecule has 2 atom stereocenters. The number of rotatable bonds is 5. The molecule has 1 fully saturated rings. The zero-order valence-electron chi connectivity index (χ0n) is 15.7. The fourth-order valence-corrected chi connectivity index (χ4v) is 3.55. The minimum absolute atomic E-state index is 0.0730. The summed E-state index contributed by atoms with van der Waals surface area (Å²) < 4.78 is 4.73. The topological polar surface area (TPSA) is 96.3 Å². The average Bonchev–Trinajstić information content (AvgIpc) is 3.08. The van der Waals surface area contributed by atoms with Crippen LogP contribution in [0.5, 0.6) is 0 Å². The summed E-state index contributed by atoms with van der Waals surface area (Å²) in [5.41, 5.74) is 2.19. The van der Waals surface area contributed by atoms with Crippen LogP contribution in [-0.2, 0) is 23.9 Å². The second-order valence-electron chi connectivity index (χ2n) is 6.87. The normalized spacial score (nSPS) is 21.4. The zero-order chi connectivity index (χ0) is 19.9. The number of ketones is 1. The van der Waals surface area contributed by atoms with E-state index < -0.39 is 29.7 Å². The molecule has 142 valence electrons. The number of amides is 2. The van der Waals surface area contributed by atoms with Crippen molar-refractivity contribution in [3.05, 3.63) is 29.3 Å². The van der Waals surface area contributed by atoms with E-state index in [1.807, 2.05) is 19.9 Å². The monoisotopic (exact) mass is 371 g/mol. The molecule has 0 spiro atoms. The summed E-state index contributed by atoms with van der Waals surface area (Å²) in [7, 11) is 1.20. The van der Waals surface area contributed by atoms with Crippen LogP contribution < -0.4 is 4.90 Å². The van der Waals surface area contributed by atoms with Gasteiger partial charge in [-0.3, -0.25) is 19.4 Å². The van der Waals surface area contributed by atoms with Crippen molar-refractivity contribution in [2.45, 2.75) is 33.2 Å². The van der Waals surface area contributed by atoms with Gasteiger partial charge in [-0.05, 0) is 44.0 Å². The number of ether oxygens (including phenoxy) is 1.